The summed E-state index contributed by atoms with van der Waals surface area (Å²) in [6.07, 6.45) is 0.805. The van der Waals surface area contributed by atoms with Gasteiger partial charge in [-0.1, -0.05) is 31.1 Å². The van der Waals surface area contributed by atoms with Crippen molar-refractivity contribution in [1.29, 1.82) is 0 Å². The van der Waals surface area contributed by atoms with Gasteiger partial charge in [0.2, 0.25) is 0 Å². The van der Waals surface area contributed by atoms with Crippen LogP contribution >= 0.6 is 11.8 Å². The first-order valence-corrected chi connectivity index (χ1v) is 10.2. The van der Waals surface area contributed by atoms with Crippen LogP contribution in [0.25, 0.3) is 0 Å². The first kappa shape index (κ1) is 22.5. The molecule has 0 aliphatic rings. The van der Waals surface area contributed by atoms with Crippen LogP contribution in [0.2, 0.25) is 0 Å². The summed E-state index contributed by atoms with van der Waals surface area (Å²) in [6.45, 7) is 5.80. The monoisotopic (exact) mass is 419 g/mol. The smallest absolute Gasteiger partial charge is 0.339 e. The van der Waals surface area contributed by atoms with E-state index in [1.807, 2.05) is 26.8 Å². The number of carbonyl (C=O) groups is 3. The van der Waals surface area contributed by atoms with Crippen LogP contribution in [-0.4, -0.2) is 36.2 Å². The number of imide groups is 1. The van der Waals surface area contributed by atoms with E-state index in [9.17, 15) is 14.4 Å². The molecule has 156 valence electrons. The van der Waals surface area contributed by atoms with Crippen LogP contribution < -0.4 is 10.6 Å². The van der Waals surface area contributed by atoms with Crippen LogP contribution in [0.1, 0.15) is 42.1 Å². The fraction of sp³-hybridized carbons (Fsp3) is 0.400. The molecule has 3 amide bonds. The third kappa shape index (κ3) is 7.98. The summed E-state index contributed by atoms with van der Waals surface area (Å²) < 4.78 is 10.1. The molecule has 2 rings (SSSR count). The summed E-state index contributed by atoms with van der Waals surface area (Å²) in [4.78, 5) is 36.5. The van der Waals surface area contributed by atoms with E-state index in [4.69, 9.17) is 9.26 Å². The van der Waals surface area contributed by atoms with Crippen molar-refractivity contribution in [2.45, 2.75) is 37.8 Å². The second-order valence-electron chi connectivity index (χ2n) is 6.78. The molecular weight excluding hydrogens is 394 g/mol. The number of aromatic nitrogens is 1. The molecule has 0 radical (unpaired) electrons. The number of aryl methyl sites for hydroxylation is 1. The minimum Gasteiger partial charge on any atom is -0.452 e. The second-order valence-corrected chi connectivity index (χ2v) is 7.79. The van der Waals surface area contributed by atoms with Crippen molar-refractivity contribution < 1.29 is 23.6 Å². The SMILES string of the molecule is Cc1cc(CSc2ccccc2C(=O)OCC(=O)NC(=O)NCCC(C)C)no1. The lowest BCUT2D eigenvalue weighted by atomic mass is 10.1. The molecule has 0 spiro atoms. The Bertz CT molecular complexity index is 850. The van der Waals surface area contributed by atoms with Crippen molar-refractivity contribution in [3.63, 3.8) is 0 Å². The van der Waals surface area contributed by atoms with Crippen molar-refractivity contribution in [3.05, 3.63) is 47.3 Å². The molecule has 0 aliphatic carbocycles. The van der Waals surface area contributed by atoms with Crippen LogP contribution in [0, 0.1) is 12.8 Å². The molecule has 1 aromatic carbocycles. The van der Waals surface area contributed by atoms with E-state index >= 15 is 0 Å². The molecule has 9 heteroatoms. The van der Waals surface area contributed by atoms with Gasteiger partial charge in [-0.2, -0.15) is 0 Å². The molecule has 0 aliphatic heterocycles. The van der Waals surface area contributed by atoms with Crippen LogP contribution in [0.4, 0.5) is 4.79 Å². The van der Waals surface area contributed by atoms with Gasteiger partial charge in [0, 0.05) is 23.3 Å². The summed E-state index contributed by atoms with van der Waals surface area (Å²) in [5.74, 6) is 0.354. The minimum absolute atomic E-state index is 0.340. The summed E-state index contributed by atoms with van der Waals surface area (Å²) in [5, 5.41) is 8.63. The zero-order valence-corrected chi connectivity index (χ0v) is 17.5. The maximum atomic E-state index is 12.4. The number of ether oxygens (including phenoxy) is 1. The predicted molar refractivity (Wildman–Crippen MR) is 109 cm³/mol. The molecule has 0 unspecified atom stereocenters. The van der Waals surface area contributed by atoms with Crippen LogP contribution in [0.15, 0.2) is 39.8 Å². The van der Waals surface area contributed by atoms with Crippen LogP contribution in [0.3, 0.4) is 0 Å². The zero-order chi connectivity index (χ0) is 21.2. The zero-order valence-electron chi connectivity index (χ0n) is 16.7. The Morgan fingerprint density at radius 2 is 2.00 bits per heavy atom. The van der Waals surface area contributed by atoms with Crippen molar-refractivity contribution >= 4 is 29.7 Å². The first-order chi connectivity index (χ1) is 13.8. The van der Waals surface area contributed by atoms with Gasteiger partial charge in [0.25, 0.3) is 5.91 Å². The highest BCUT2D eigenvalue weighted by Gasteiger charge is 2.16. The Balaban J connectivity index is 1.82. The lowest BCUT2D eigenvalue weighted by Gasteiger charge is -2.10. The third-order valence-electron chi connectivity index (χ3n) is 3.75. The van der Waals surface area contributed by atoms with Crippen molar-refractivity contribution in [2.24, 2.45) is 5.92 Å². The number of thioether (sulfide) groups is 1. The van der Waals surface area contributed by atoms with Gasteiger partial charge in [-0.25, -0.2) is 9.59 Å². The van der Waals surface area contributed by atoms with Gasteiger partial charge in [-0.15, -0.1) is 11.8 Å². The predicted octanol–water partition coefficient (Wildman–Crippen LogP) is 3.30. The van der Waals surface area contributed by atoms with Gasteiger partial charge in [-0.05, 0) is 31.4 Å². The first-order valence-electron chi connectivity index (χ1n) is 9.24. The Morgan fingerprint density at radius 3 is 2.69 bits per heavy atom. The fourth-order valence-corrected chi connectivity index (χ4v) is 3.21. The topological polar surface area (TPSA) is 111 Å². The highest BCUT2D eigenvalue weighted by atomic mass is 32.2. The Labute approximate surface area is 173 Å². The number of nitrogens with one attached hydrogen (secondary N) is 2. The Kier molecular flexibility index (Phi) is 8.72. The number of rotatable bonds is 9. The molecule has 0 atom stereocenters. The summed E-state index contributed by atoms with van der Waals surface area (Å²) in [5.41, 5.74) is 1.10. The number of nitrogens with zero attached hydrogens (tertiary/aromatic N) is 1. The standard InChI is InChI=1S/C20H25N3O5S/c1-13(2)8-9-21-20(26)22-18(24)11-27-19(25)16-6-4-5-7-17(16)29-12-15-10-14(3)28-23-15/h4-7,10,13H,8-9,11-12H2,1-3H3,(H2,21,22,24,26). The highest BCUT2D eigenvalue weighted by Crippen LogP contribution is 2.26. The fourth-order valence-electron chi connectivity index (χ4n) is 2.29. The molecule has 8 nitrogen and oxygen atoms in total. The average molecular weight is 420 g/mol. The van der Waals surface area contributed by atoms with Crippen molar-refractivity contribution in [1.82, 2.24) is 15.8 Å². The maximum absolute atomic E-state index is 12.4. The van der Waals surface area contributed by atoms with Gasteiger partial charge >= 0.3 is 12.0 Å². The molecule has 0 saturated heterocycles. The summed E-state index contributed by atoms with van der Waals surface area (Å²) >= 11 is 1.41. The van der Waals surface area contributed by atoms with Gasteiger partial charge < -0.3 is 14.6 Å². The third-order valence-corrected chi connectivity index (χ3v) is 4.86. The second kappa shape index (κ2) is 11.3. The molecule has 0 fully saturated rings. The quantitative estimate of drug-likeness (QED) is 0.474. The van der Waals surface area contributed by atoms with E-state index < -0.39 is 24.5 Å². The van der Waals surface area contributed by atoms with E-state index in [1.54, 1.807) is 24.3 Å². The number of urea groups is 1. The number of hydrogen-bond donors (Lipinski definition) is 2. The number of benzene rings is 1. The van der Waals surface area contributed by atoms with Crippen molar-refractivity contribution in [3.8, 4) is 0 Å². The Morgan fingerprint density at radius 1 is 1.24 bits per heavy atom. The molecule has 0 saturated carbocycles. The normalized spacial score (nSPS) is 10.6. The highest BCUT2D eigenvalue weighted by molar-refractivity contribution is 7.98. The molecule has 1 heterocycles. The largest absolute Gasteiger partial charge is 0.452 e. The lowest BCUT2D eigenvalue weighted by molar-refractivity contribution is -0.123. The van der Waals surface area contributed by atoms with Gasteiger partial charge in [0.1, 0.15) is 5.76 Å². The molecule has 2 N–H and O–H groups in total. The summed E-state index contributed by atoms with van der Waals surface area (Å²) in [7, 11) is 0. The molecule has 0 bridgehead atoms. The van der Waals surface area contributed by atoms with Crippen molar-refractivity contribution in [2.75, 3.05) is 13.2 Å². The molecule has 1 aromatic heterocycles. The molecule has 2 aromatic rings. The number of esters is 1. The van der Waals surface area contributed by atoms with E-state index in [-0.39, 0.29) is 0 Å². The number of amides is 3. The van der Waals surface area contributed by atoms with E-state index in [0.717, 1.165) is 12.1 Å². The lowest BCUT2D eigenvalue weighted by Crippen LogP contribution is -2.42. The van der Waals surface area contributed by atoms with Gasteiger partial charge in [0.05, 0.1) is 11.3 Å². The number of carbonyl (C=O) groups excluding carboxylic acids is 3. The minimum atomic E-state index is -0.691. The van der Waals surface area contributed by atoms with E-state index in [2.05, 4.69) is 15.8 Å². The Hall–Kier alpha value is -2.81. The van der Waals surface area contributed by atoms with E-state index in [1.165, 1.54) is 11.8 Å². The molecule has 29 heavy (non-hydrogen) atoms. The average Bonchev–Trinajstić information content (AvgIpc) is 3.09. The van der Waals surface area contributed by atoms with Gasteiger partial charge in [0.15, 0.2) is 6.61 Å². The number of hydrogen-bond acceptors (Lipinski definition) is 7. The maximum Gasteiger partial charge on any atom is 0.339 e. The molecular formula is C20H25N3O5S. The summed E-state index contributed by atoms with van der Waals surface area (Å²) in [6, 6.07) is 8.14. The van der Waals surface area contributed by atoms with E-state index in [0.29, 0.717) is 34.4 Å². The van der Waals surface area contributed by atoms with Gasteiger partial charge in [-0.3, -0.25) is 10.1 Å². The van der Waals surface area contributed by atoms with Crippen LogP contribution in [-0.2, 0) is 15.3 Å². The van der Waals surface area contributed by atoms with Crippen LogP contribution in [0.5, 0.6) is 0 Å².